The maximum absolute atomic E-state index is 5.14. The fourth-order valence-electron chi connectivity index (χ4n) is 2.00. The number of hydrogen-bond donors (Lipinski definition) is 1. The molecule has 0 aliphatic heterocycles. The molecule has 0 spiro atoms. The molecule has 0 amide bonds. The molecular formula is C16H27NO. The lowest BCUT2D eigenvalue weighted by Gasteiger charge is -2.06. The van der Waals surface area contributed by atoms with Gasteiger partial charge in [0.25, 0.3) is 0 Å². The molecule has 0 unspecified atom stereocenters. The van der Waals surface area contributed by atoms with Crippen LogP contribution in [0.3, 0.4) is 0 Å². The third kappa shape index (κ3) is 6.65. The minimum Gasteiger partial charge on any atom is -0.497 e. The van der Waals surface area contributed by atoms with E-state index in [0.29, 0.717) is 0 Å². The van der Waals surface area contributed by atoms with Crippen LogP contribution in [0.2, 0.25) is 0 Å². The molecule has 0 aliphatic rings. The molecule has 2 nitrogen and oxygen atoms in total. The molecular weight excluding hydrogens is 222 g/mol. The van der Waals surface area contributed by atoms with Crippen molar-refractivity contribution in [1.29, 1.82) is 0 Å². The van der Waals surface area contributed by atoms with Gasteiger partial charge in [0, 0.05) is 0 Å². The molecule has 2 heteroatoms. The number of unbranched alkanes of at least 4 members (excludes halogenated alkanes) is 4. The second kappa shape index (κ2) is 9.95. The molecule has 0 radical (unpaired) electrons. The van der Waals surface area contributed by atoms with Crippen LogP contribution in [0.5, 0.6) is 5.75 Å². The first-order valence-corrected chi connectivity index (χ1v) is 7.20. The van der Waals surface area contributed by atoms with Gasteiger partial charge in [0.2, 0.25) is 0 Å². The van der Waals surface area contributed by atoms with Gasteiger partial charge in [0.1, 0.15) is 5.75 Å². The van der Waals surface area contributed by atoms with E-state index < -0.39 is 0 Å². The molecule has 0 aromatic heterocycles. The number of methoxy groups -OCH3 is 1. The minimum absolute atomic E-state index is 0.933. The minimum atomic E-state index is 0.933. The van der Waals surface area contributed by atoms with Crippen LogP contribution >= 0.6 is 0 Å². The molecule has 102 valence electrons. The van der Waals surface area contributed by atoms with E-state index in [0.717, 1.165) is 25.3 Å². The Morgan fingerprint density at radius 2 is 1.67 bits per heavy atom. The van der Waals surface area contributed by atoms with Gasteiger partial charge >= 0.3 is 0 Å². The zero-order valence-corrected chi connectivity index (χ0v) is 11.9. The van der Waals surface area contributed by atoms with E-state index in [1.807, 2.05) is 12.1 Å². The Bertz CT molecular complexity index is 294. The Labute approximate surface area is 112 Å². The summed E-state index contributed by atoms with van der Waals surface area (Å²) in [5.74, 6) is 0.933. The number of hydrogen-bond acceptors (Lipinski definition) is 2. The Balaban J connectivity index is 2.00. The lowest BCUT2D eigenvalue weighted by atomic mass is 10.1. The van der Waals surface area contributed by atoms with Crippen LogP contribution in [0.15, 0.2) is 24.3 Å². The molecule has 0 fully saturated rings. The normalized spacial score (nSPS) is 10.6. The van der Waals surface area contributed by atoms with Gasteiger partial charge in [-0.25, -0.2) is 0 Å². The van der Waals surface area contributed by atoms with Crippen LogP contribution in [-0.4, -0.2) is 20.2 Å². The van der Waals surface area contributed by atoms with Gasteiger partial charge in [-0.15, -0.1) is 0 Å². The summed E-state index contributed by atoms with van der Waals surface area (Å²) in [6.07, 6.45) is 7.86. The van der Waals surface area contributed by atoms with E-state index in [9.17, 15) is 0 Å². The first-order valence-electron chi connectivity index (χ1n) is 7.20. The van der Waals surface area contributed by atoms with Crippen LogP contribution in [0.1, 0.15) is 44.6 Å². The predicted molar refractivity (Wildman–Crippen MR) is 78.3 cm³/mol. The Kier molecular flexibility index (Phi) is 8.32. The number of nitrogens with one attached hydrogen (secondary N) is 1. The lowest BCUT2D eigenvalue weighted by Crippen LogP contribution is -2.18. The van der Waals surface area contributed by atoms with E-state index in [-0.39, 0.29) is 0 Å². The van der Waals surface area contributed by atoms with Crippen LogP contribution in [0.25, 0.3) is 0 Å². The average Bonchev–Trinajstić information content (AvgIpc) is 2.42. The monoisotopic (exact) mass is 249 g/mol. The lowest BCUT2D eigenvalue weighted by molar-refractivity contribution is 0.414. The molecule has 0 aliphatic carbocycles. The molecule has 1 rings (SSSR count). The van der Waals surface area contributed by atoms with Crippen molar-refractivity contribution in [2.45, 2.75) is 45.4 Å². The average molecular weight is 249 g/mol. The van der Waals surface area contributed by atoms with Crippen molar-refractivity contribution >= 4 is 0 Å². The summed E-state index contributed by atoms with van der Waals surface area (Å²) in [6.45, 7) is 4.48. The summed E-state index contributed by atoms with van der Waals surface area (Å²) in [4.78, 5) is 0. The highest BCUT2D eigenvalue weighted by Gasteiger charge is 1.94. The van der Waals surface area contributed by atoms with E-state index in [1.165, 1.54) is 37.7 Å². The van der Waals surface area contributed by atoms with Crippen molar-refractivity contribution in [3.63, 3.8) is 0 Å². The SMILES string of the molecule is CCCCCCCNCCc1ccc(OC)cc1. The van der Waals surface area contributed by atoms with Gasteiger partial charge in [0.05, 0.1) is 7.11 Å². The predicted octanol–water partition coefficient (Wildman–Crippen LogP) is 3.80. The molecule has 0 atom stereocenters. The van der Waals surface area contributed by atoms with Gasteiger partial charge in [-0.2, -0.15) is 0 Å². The highest BCUT2D eigenvalue weighted by atomic mass is 16.5. The van der Waals surface area contributed by atoms with Crippen LogP contribution in [0.4, 0.5) is 0 Å². The third-order valence-electron chi connectivity index (χ3n) is 3.21. The smallest absolute Gasteiger partial charge is 0.118 e. The number of ether oxygens (including phenoxy) is 1. The highest BCUT2D eigenvalue weighted by Crippen LogP contribution is 2.11. The van der Waals surface area contributed by atoms with E-state index >= 15 is 0 Å². The molecule has 18 heavy (non-hydrogen) atoms. The summed E-state index contributed by atoms with van der Waals surface area (Å²) in [7, 11) is 1.70. The summed E-state index contributed by atoms with van der Waals surface area (Å²) in [6, 6.07) is 8.34. The largest absolute Gasteiger partial charge is 0.497 e. The van der Waals surface area contributed by atoms with Crippen molar-refractivity contribution < 1.29 is 4.74 Å². The Hall–Kier alpha value is -1.02. The summed E-state index contributed by atoms with van der Waals surface area (Å²) in [5.41, 5.74) is 1.37. The summed E-state index contributed by atoms with van der Waals surface area (Å²) < 4.78 is 5.14. The second-order valence-electron chi connectivity index (χ2n) is 4.76. The molecule has 1 aromatic rings. The van der Waals surface area contributed by atoms with Crippen LogP contribution in [0, 0.1) is 0 Å². The molecule has 1 aromatic carbocycles. The third-order valence-corrected chi connectivity index (χ3v) is 3.21. The van der Waals surface area contributed by atoms with Crippen molar-refractivity contribution in [2.24, 2.45) is 0 Å². The van der Waals surface area contributed by atoms with E-state index in [2.05, 4.69) is 24.4 Å². The van der Waals surface area contributed by atoms with Gasteiger partial charge in [-0.1, -0.05) is 44.7 Å². The quantitative estimate of drug-likeness (QED) is 0.637. The molecule has 1 N–H and O–H groups in total. The standard InChI is InChI=1S/C16H27NO/c1-3-4-5-6-7-13-17-14-12-15-8-10-16(18-2)11-9-15/h8-11,17H,3-7,12-14H2,1-2H3. The Morgan fingerprint density at radius 3 is 2.33 bits per heavy atom. The highest BCUT2D eigenvalue weighted by molar-refractivity contribution is 5.27. The zero-order chi connectivity index (χ0) is 13.1. The van der Waals surface area contributed by atoms with Crippen molar-refractivity contribution in [3.8, 4) is 5.75 Å². The van der Waals surface area contributed by atoms with E-state index in [4.69, 9.17) is 4.74 Å². The fraction of sp³-hybridized carbons (Fsp3) is 0.625. The maximum atomic E-state index is 5.14. The fourth-order valence-corrected chi connectivity index (χ4v) is 2.00. The molecule has 0 saturated heterocycles. The van der Waals surface area contributed by atoms with Crippen LogP contribution < -0.4 is 10.1 Å². The molecule has 0 saturated carbocycles. The van der Waals surface area contributed by atoms with Gasteiger partial charge in [0.15, 0.2) is 0 Å². The first kappa shape index (κ1) is 15.0. The maximum Gasteiger partial charge on any atom is 0.118 e. The second-order valence-corrected chi connectivity index (χ2v) is 4.76. The van der Waals surface area contributed by atoms with Crippen molar-refractivity contribution in [1.82, 2.24) is 5.32 Å². The van der Waals surface area contributed by atoms with Crippen molar-refractivity contribution in [3.05, 3.63) is 29.8 Å². The Morgan fingerprint density at radius 1 is 0.944 bits per heavy atom. The topological polar surface area (TPSA) is 21.3 Å². The summed E-state index contributed by atoms with van der Waals surface area (Å²) >= 11 is 0. The van der Waals surface area contributed by atoms with Crippen molar-refractivity contribution in [2.75, 3.05) is 20.2 Å². The summed E-state index contributed by atoms with van der Waals surface area (Å²) in [5, 5.41) is 3.51. The van der Waals surface area contributed by atoms with Gasteiger partial charge in [-0.05, 0) is 43.6 Å². The van der Waals surface area contributed by atoms with Gasteiger partial charge < -0.3 is 10.1 Å². The van der Waals surface area contributed by atoms with E-state index in [1.54, 1.807) is 7.11 Å². The number of rotatable bonds is 10. The molecule has 0 bridgehead atoms. The molecule has 0 heterocycles. The van der Waals surface area contributed by atoms with Gasteiger partial charge in [-0.3, -0.25) is 0 Å². The first-order chi connectivity index (χ1) is 8.86. The number of benzene rings is 1. The van der Waals surface area contributed by atoms with Crippen LogP contribution in [-0.2, 0) is 6.42 Å². The zero-order valence-electron chi connectivity index (χ0n) is 11.9.